The average molecular weight is 354 g/mol. The van der Waals surface area contributed by atoms with Crippen molar-refractivity contribution in [3.8, 4) is 0 Å². The lowest BCUT2D eigenvalue weighted by molar-refractivity contribution is -0.138. The Balaban J connectivity index is 1.55. The van der Waals surface area contributed by atoms with Crippen molar-refractivity contribution in [1.82, 2.24) is 20.0 Å². The summed E-state index contributed by atoms with van der Waals surface area (Å²) in [5.41, 5.74) is -1.94. The van der Waals surface area contributed by atoms with Gasteiger partial charge in [-0.1, -0.05) is 0 Å². The van der Waals surface area contributed by atoms with Crippen molar-refractivity contribution in [2.24, 2.45) is 0 Å². The molecule has 0 aromatic rings. The zero-order chi connectivity index (χ0) is 18.2. The maximum Gasteiger partial charge on any atom is 0.325 e. The molecule has 3 fully saturated rings. The molecular formula is C16H26N4O5. The molecule has 0 unspecified atom stereocenters. The zero-order valence-electron chi connectivity index (χ0n) is 14.8. The first-order valence-electron chi connectivity index (χ1n) is 8.65. The quantitative estimate of drug-likeness (QED) is 0.603. The zero-order valence-corrected chi connectivity index (χ0v) is 14.8. The van der Waals surface area contributed by atoms with Crippen molar-refractivity contribution in [3.63, 3.8) is 0 Å². The minimum Gasteiger partial charge on any atom is -0.387 e. The minimum atomic E-state index is -0.987. The number of hydrogen-bond donors (Lipinski definition) is 2. The predicted molar refractivity (Wildman–Crippen MR) is 87.7 cm³/mol. The van der Waals surface area contributed by atoms with E-state index in [2.05, 4.69) is 10.2 Å². The second kappa shape index (κ2) is 6.54. The van der Waals surface area contributed by atoms with Gasteiger partial charge in [-0.3, -0.25) is 19.4 Å². The van der Waals surface area contributed by atoms with E-state index >= 15 is 0 Å². The van der Waals surface area contributed by atoms with E-state index in [1.807, 2.05) is 0 Å². The predicted octanol–water partition coefficient (Wildman–Crippen LogP) is -1.39. The van der Waals surface area contributed by atoms with Gasteiger partial charge in [0, 0.05) is 26.2 Å². The molecule has 0 aliphatic carbocycles. The molecule has 3 rings (SSSR count). The SMILES string of the molecule is CC1(C)NC(=O)N(CC(=O)N2CC[C@@](O)(CN3CCOCC3)C2)C1=O. The van der Waals surface area contributed by atoms with Crippen LogP contribution in [0.4, 0.5) is 4.79 Å². The lowest BCUT2D eigenvalue weighted by Gasteiger charge is -2.33. The summed E-state index contributed by atoms with van der Waals surface area (Å²) in [6.07, 6.45) is 0.488. The molecule has 3 aliphatic rings. The van der Waals surface area contributed by atoms with Crippen molar-refractivity contribution in [2.75, 3.05) is 52.5 Å². The summed E-state index contributed by atoms with van der Waals surface area (Å²) in [4.78, 5) is 41.2. The first kappa shape index (κ1) is 18.1. The Morgan fingerprint density at radius 2 is 1.92 bits per heavy atom. The number of β-amino-alcohol motifs (C(OH)–C–C–N with tert-alkyl or cyclic N) is 1. The molecule has 4 amide bonds. The topological polar surface area (TPSA) is 102 Å². The minimum absolute atomic E-state index is 0.218. The third-order valence-corrected chi connectivity index (χ3v) is 5.04. The van der Waals surface area contributed by atoms with Crippen molar-refractivity contribution in [2.45, 2.75) is 31.4 Å². The van der Waals surface area contributed by atoms with Crippen molar-refractivity contribution >= 4 is 17.8 Å². The number of morpholine rings is 1. The Kier molecular flexibility index (Phi) is 4.74. The number of hydrogen-bond acceptors (Lipinski definition) is 6. The van der Waals surface area contributed by atoms with Crippen LogP contribution in [0, 0.1) is 0 Å². The summed E-state index contributed by atoms with van der Waals surface area (Å²) in [5, 5.41) is 13.3. The molecule has 140 valence electrons. The lowest BCUT2D eigenvalue weighted by atomic mass is 10.0. The Morgan fingerprint density at radius 3 is 2.52 bits per heavy atom. The molecule has 9 heteroatoms. The molecule has 3 saturated heterocycles. The van der Waals surface area contributed by atoms with Crippen LogP contribution in [0.3, 0.4) is 0 Å². The summed E-state index contributed by atoms with van der Waals surface area (Å²) in [6.45, 7) is 6.91. The lowest BCUT2D eigenvalue weighted by Crippen LogP contribution is -2.50. The maximum absolute atomic E-state index is 12.5. The van der Waals surface area contributed by atoms with Crippen LogP contribution in [0.2, 0.25) is 0 Å². The molecule has 0 aromatic heterocycles. The van der Waals surface area contributed by atoms with E-state index in [-0.39, 0.29) is 19.0 Å². The smallest absolute Gasteiger partial charge is 0.325 e. The van der Waals surface area contributed by atoms with Gasteiger partial charge in [0.05, 0.1) is 25.4 Å². The third kappa shape index (κ3) is 3.78. The van der Waals surface area contributed by atoms with Gasteiger partial charge in [0.25, 0.3) is 5.91 Å². The van der Waals surface area contributed by atoms with Gasteiger partial charge in [0.2, 0.25) is 5.91 Å². The molecular weight excluding hydrogens is 328 g/mol. The van der Waals surface area contributed by atoms with Gasteiger partial charge in [0.15, 0.2) is 0 Å². The molecule has 9 nitrogen and oxygen atoms in total. The van der Waals surface area contributed by atoms with Gasteiger partial charge >= 0.3 is 6.03 Å². The van der Waals surface area contributed by atoms with Crippen LogP contribution < -0.4 is 5.32 Å². The maximum atomic E-state index is 12.5. The Labute approximate surface area is 146 Å². The molecule has 1 atom stereocenters. The highest BCUT2D eigenvalue weighted by Crippen LogP contribution is 2.24. The van der Waals surface area contributed by atoms with Crippen LogP contribution in [0.25, 0.3) is 0 Å². The first-order chi connectivity index (χ1) is 11.7. The fourth-order valence-corrected chi connectivity index (χ4v) is 3.57. The molecule has 3 aliphatic heterocycles. The number of ether oxygens (including phenoxy) is 1. The fraction of sp³-hybridized carbons (Fsp3) is 0.812. The molecule has 3 heterocycles. The van der Waals surface area contributed by atoms with Crippen molar-refractivity contribution < 1.29 is 24.2 Å². The Hall–Kier alpha value is -1.71. The van der Waals surface area contributed by atoms with E-state index in [1.54, 1.807) is 13.8 Å². The summed E-state index contributed by atoms with van der Waals surface area (Å²) in [6, 6.07) is -0.550. The van der Waals surface area contributed by atoms with Crippen molar-refractivity contribution in [3.05, 3.63) is 0 Å². The standard InChI is InChI=1S/C16H26N4O5/c1-15(2)13(22)20(14(23)17-15)9-12(21)19-4-3-16(24,11-19)10-18-5-7-25-8-6-18/h24H,3-11H2,1-2H3,(H,17,23)/t16-/m1/s1. The second-order valence-corrected chi connectivity index (χ2v) is 7.62. The van der Waals surface area contributed by atoms with E-state index in [0.717, 1.165) is 18.0 Å². The van der Waals surface area contributed by atoms with Crippen LogP contribution in [-0.4, -0.2) is 101 Å². The van der Waals surface area contributed by atoms with E-state index < -0.39 is 23.1 Å². The number of nitrogens with one attached hydrogen (secondary N) is 1. The number of rotatable bonds is 4. The summed E-state index contributed by atoms with van der Waals surface area (Å²) < 4.78 is 5.30. The number of carbonyl (C=O) groups excluding carboxylic acids is 3. The number of carbonyl (C=O) groups is 3. The number of amides is 4. The third-order valence-electron chi connectivity index (χ3n) is 5.04. The Bertz CT molecular complexity index is 575. The van der Waals surface area contributed by atoms with E-state index in [4.69, 9.17) is 4.74 Å². The van der Waals surface area contributed by atoms with Crippen LogP contribution in [-0.2, 0) is 14.3 Å². The van der Waals surface area contributed by atoms with Gasteiger partial charge in [-0.2, -0.15) is 0 Å². The van der Waals surface area contributed by atoms with Gasteiger partial charge in [-0.25, -0.2) is 4.79 Å². The highest BCUT2D eigenvalue weighted by Gasteiger charge is 2.46. The van der Waals surface area contributed by atoms with Gasteiger partial charge in [-0.15, -0.1) is 0 Å². The number of urea groups is 1. The fourth-order valence-electron chi connectivity index (χ4n) is 3.57. The molecule has 0 saturated carbocycles. The summed E-state index contributed by atoms with van der Waals surface area (Å²) >= 11 is 0. The normalized spacial score (nSPS) is 30.0. The highest BCUT2D eigenvalue weighted by atomic mass is 16.5. The molecule has 0 spiro atoms. The second-order valence-electron chi connectivity index (χ2n) is 7.62. The monoisotopic (exact) mass is 354 g/mol. The number of nitrogens with zero attached hydrogens (tertiary/aromatic N) is 3. The van der Waals surface area contributed by atoms with Crippen molar-refractivity contribution in [1.29, 1.82) is 0 Å². The van der Waals surface area contributed by atoms with Gasteiger partial charge in [-0.05, 0) is 20.3 Å². The van der Waals surface area contributed by atoms with Crippen LogP contribution in [0.5, 0.6) is 0 Å². The van der Waals surface area contributed by atoms with Crippen LogP contribution >= 0.6 is 0 Å². The largest absolute Gasteiger partial charge is 0.387 e. The van der Waals surface area contributed by atoms with Crippen LogP contribution in [0.1, 0.15) is 20.3 Å². The molecule has 0 radical (unpaired) electrons. The first-order valence-corrected chi connectivity index (χ1v) is 8.65. The Morgan fingerprint density at radius 1 is 1.24 bits per heavy atom. The summed E-state index contributed by atoms with van der Waals surface area (Å²) in [7, 11) is 0. The molecule has 2 N–H and O–H groups in total. The molecule has 25 heavy (non-hydrogen) atoms. The van der Waals surface area contributed by atoms with E-state index in [1.165, 1.54) is 4.90 Å². The van der Waals surface area contributed by atoms with Gasteiger partial charge < -0.3 is 20.1 Å². The highest BCUT2D eigenvalue weighted by molar-refractivity contribution is 6.08. The molecule has 0 bridgehead atoms. The van der Waals surface area contributed by atoms with E-state index in [9.17, 15) is 19.5 Å². The van der Waals surface area contributed by atoms with E-state index in [0.29, 0.717) is 32.7 Å². The van der Waals surface area contributed by atoms with Gasteiger partial charge in [0.1, 0.15) is 12.1 Å². The average Bonchev–Trinajstić information content (AvgIpc) is 3.01. The molecule has 0 aromatic carbocycles. The van der Waals surface area contributed by atoms with Crippen LogP contribution in [0.15, 0.2) is 0 Å². The summed E-state index contributed by atoms with van der Waals surface area (Å²) in [5.74, 6) is -0.729. The number of aliphatic hydroxyl groups is 1. The number of imide groups is 1. The number of likely N-dealkylation sites (tertiary alicyclic amines) is 1.